The number of nitrogens with zero attached hydrogens (tertiary/aromatic N) is 1. The molecule has 0 fully saturated rings. The van der Waals surface area contributed by atoms with Crippen LogP contribution in [0.3, 0.4) is 0 Å². The molecule has 35 heavy (non-hydrogen) atoms. The van der Waals surface area contributed by atoms with Gasteiger partial charge in [0.2, 0.25) is 0 Å². The number of thiazole rings is 1. The smallest absolute Gasteiger partial charge is 0.306 e. The van der Waals surface area contributed by atoms with Gasteiger partial charge in [-0.1, -0.05) is 55.5 Å². The largest absolute Gasteiger partial charge is 0.486 e. The second-order valence-electron chi connectivity index (χ2n) is 9.72. The van der Waals surface area contributed by atoms with Crippen LogP contribution in [0.25, 0.3) is 11.1 Å². The molecule has 0 amide bonds. The van der Waals surface area contributed by atoms with E-state index in [1.54, 1.807) is 32.1 Å². The number of carbonyl (C=O) groups excluding carboxylic acids is 1. The minimum absolute atomic E-state index is 0.0227. The highest BCUT2D eigenvalue weighted by atomic mass is 32.1. The Hall–Kier alpha value is -2.77. The molecule has 188 valence electrons. The maximum atomic E-state index is 15.3. The van der Waals surface area contributed by atoms with E-state index in [4.69, 9.17) is 9.47 Å². The lowest BCUT2D eigenvalue weighted by Gasteiger charge is -2.34. The minimum Gasteiger partial charge on any atom is -0.486 e. The first-order chi connectivity index (χ1) is 16.5. The maximum Gasteiger partial charge on any atom is 0.306 e. The van der Waals surface area contributed by atoms with Gasteiger partial charge < -0.3 is 9.47 Å². The summed E-state index contributed by atoms with van der Waals surface area (Å²) in [7, 11) is 0. The van der Waals surface area contributed by atoms with Gasteiger partial charge in [-0.2, -0.15) is 0 Å². The Balaban J connectivity index is 1.90. The number of aromatic nitrogens is 1. The van der Waals surface area contributed by atoms with Crippen LogP contribution in [0.15, 0.2) is 53.9 Å². The Morgan fingerprint density at radius 1 is 1.11 bits per heavy atom. The predicted molar refractivity (Wildman–Crippen MR) is 139 cm³/mol. The van der Waals surface area contributed by atoms with Crippen LogP contribution < -0.4 is 10.1 Å². The number of hydrogen-bond donors (Lipinski definition) is 1. The molecule has 0 aliphatic heterocycles. The number of benzene rings is 2. The van der Waals surface area contributed by atoms with Crippen molar-refractivity contribution >= 4 is 17.3 Å². The van der Waals surface area contributed by atoms with Crippen molar-refractivity contribution in [2.24, 2.45) is 0 Å². The van der Waals surface area contributed by atoms with Gasteiger partial charge >= 0.3 is 5.97 Å². The monoisotopic (exact) mass is 498 g/mol. The van der Waals surface area contributed by atoms with Crippen LogP contribution in [0.5, 0.6) is 5.75 Å². The van der Waals surface area contributed by atoms with Crippen molar-refractivity contribution < 1.29 is 18.7 Å². The average molecular weight is 499 g/mol. The molecule has 1 N–H and O–H groups in total. The van der Waals surface area contributed by atoms with Crippen LogP contribution in [0, 0.1) is 6.92 Å². The zero-order valence-corrected chi connectivity index (χ0v) is 22.2. The quantitative estimate of drug-likeness (QED) is 0.229. The molecule has 1 unspecified atom stereocenters. The van der Waals surface area contributed by atoms with Gasteiger partial charge in [-0.25, -0.2) is 9.37 Å². The number of aryl methyl sites for hydroxylation is 1. The maximum absolute atomic E-state index is 15.3. The predicted octanol–water partition coefficient (Wildman–Crippen LogP) is 6.94. The van der Waals surface area contributed by atoms with Crippen molar-refractivity contribution in [1.29, 1.82) is 0 Å². The first kappa shape index (κ1) is 26.8. The molecule has 2 aromatic carbocycles. The molecule has 0 spiro atoms. The van der Waals surface area contributed by atoms with Gasteiger partial charge in [-0.3, -0.25) is 10.1 Å². The highest BCUT2D eigenvalue weighted by Crippen LogP contribution is 2.39. The van der Waals surface area contributed by atoms with Crippen LogP contribution in [0.1, 0.15) is 63.7 Å². The van der Waals surface area contributed by atoms with Gasteiger partial charge in [0.25, 0.3) is 0 Å². The molecule has 5 nitrogen and oxygen atoms in total. The number of alkyl halides is 1. The zero-order chi connectivity index (χ0) is 25.6. The third-order valence-electron chi connectivity index (χ3n) is 5.67. The summed E-state index contributed by atoms with van der Waals surface area (Å²) >= 11 is 1.58. The SMILES string of the molecule is CCC(=O)OC(C)(C)CC(F)NC(C)(C)c1cccc(-c2ccccc2)c1OCc1csc(C)n1. The van der Waals surface area contributed by atoms with Crippen LogP contribution in [0.2, 0.25) is 0 Å². The number of ether oxygens (including phenoxy) is 2. The molecule has 0 aliphatic rings. The van der Waals surface area contributed by atoms with Gasteiger partial charge in [0, 0.05) is 34.9 Å². The van der Waals surface area contributed by atoms with E-state index in [0.29, 0.717) is 12.4 Å². The lowest BCUT2D eigenvalue weighted by atomic mass is 9.89. The Labute approximate surface area is 211 Å². The average Bonchev–Trinajstić information content (AvgIpc) is 3.21. The van der Waals surface area contributed by atoms with E-state index in [2.05, 4.69) is 10.3 Å². The zero-order valence-electron chi connectivity index (χ0n) is 21.4. The van der Waals surface area contributed by atoms with E-state index < -0.39 is 17.4 Å². The standard InChI is InChI=1S/C28H35FN2O3S/c1-7-25(32)34-27(3,4)16-24(29)31-28(5,6)23-15-11-14-22(20-12-9-8-10-13-20)26(23)33-17-21-18-35-19(2)30-21/h8-15,18,24,31H,7,16-17H2,1-6H3. The summed E-state index contributed by atoms with van der Waals surface area (Å²) < 4.78 is 27.1. The number of halogens is 1. The fourth-order valence-electron chi connectivity index (χ4n) is 4.02. The summed E-state index contributed by atoms with van der Waals surface area (Å²) in [5.41, 5.74) is 1.93. The molecule has 0 bridgehead atoms. The number of carbonyl (C=O) groups is 1. The Kier molecular flexibility index (Phi) is 8.67. The van der Waals surface area contributed by atoms with Gasteiger partial charge in [0.05, 0.1) is 10.7 Å². The number of nitrogens with one attached hydrogen (secondary N) is 1. The summed E-state index contributed by atoms with van der Waals surface area (Å²) in [6, 6.07) is 15.9. The number of esters is 1. The van der Waals surface area contributed by atoms with Gasteiger partial charge in [0.1, 0.15) is 18.0 Å². The van der Waals surface area contributed by atoms with E-state index in [-0.39, 0.29) is 18.8 Å². The molecule has 0 radical (unpaired) electrons. The number of hydrogen-bond acceptors (Lipinski definition) is 6. The molecule has 3 aromatic rings. The third-order valence-corrected chi connectivity index (χ3v) is 6.49. The fourth-order valence-corrected chi connectivity index (χ4v) is 4.62. The van der Waals surface area contributed by atoms with Crippen LogP contribution in [0.4, 0.5) is 4.39 Å². The van der Waals surface area contributed by atoms with Crippen molar-refractivity contribution in [3.63, 3.8) is 0 Å². The van der Waals surface area contributed by atoms with Crippen molar-refractivity contribution in [3.8, 4) is 16.9 Å². The summed E-state index contributed by atoms with van der Waals surface area (Å²) in [6.07, 6.45) is -1.13. The molecule has 7 heteroatoms. The first-order valence-corrected chi connectivity index (χ1v) is 12.7. The van der Waals surface area contributed by atoms with Crippen LogP contribution in [-0.2, 0) is 21.7 Å². The summed E-state index contributed by atoms with van der Waals surface area (Å²) in [4.78, 5) is 16.3. The highest BCUT2D eigenvalue weighted by molar-refractivity contribution is 7.09. The van der Waals surface area contributed by atoms with Gasteiger partial charge in [-0.15, -0.1) is 11.3 Å². The molecule has 1 atom stereocenters. The lowest BCUT2D eigenvalue weighted by molar-refractivity contribution is -0.158. The molecular formula is C28H35FN2O3S. The summed E-state index contributed by atoms with van der Waals surface area (Å²) in [5.74, 6) is 0.343. The molecule has 1 aromatic heterocycles. The van der Waals surface area contributed by atoms with Crippen molar-refractivity contribution in [3.05, 3.63) is 70.2 Å². The summed E-state index contributed by atoms with van der Waals surface area (Å²) in [6.45, 7) is 11.3. The molecule has 0 aliphatic carbocycles. The number of rotatable bonds is 11. The molecule has 0 saturated heterocycles. The Bertz CT molecular complexity index is 1130. The topological polar surface area (TPSA) is 60.5 Å². The second-order valence-corrected chi connectivity index (χ2v) is 10.8. The fraction of sp³-hybridized carbons (Fsp3) is 0.429. The van der Waals surface area contributed by atoms with Crippen molar-refractivity contribution in [1.82, 2.24) is 10.3 Å². The highest BCUT2D eigenvalue weighted by Gasteiger charge is 2.33. The third kappa shape index (κ3) is 7.36. The van der Waals surface area contributed by atoms with Crippen LogP contribution in [-0.4, -0.2) is 22.8 Å². The van der Waals surface area contributed by atoms with E-state index in [0.717, 1.165) is 27.4 Å². The first-order valence-electron chi connectivity index (χ1n) is 11.9. The van der Waals surface area contributed by atoms with Crippen molar-refractivity contribution in [2.45, 2.75) is 78.4 Å². The van der Waals surface area contributed by atoms with Crippen LogP contribution >= 0.6 is 11.3 Å². The van der Waals surface area contributed by atoms with E-state index in [1.165, 1.54) is 0 Å². The van der Waals surface area contributed by atoms with Gasteiger partial charge in [-0.05, 0) is 40.2 Å². The molecule has 3 rings (SSSR count). The normalized spacial score (nSPS) is 12.9. The minimum atomic E-state index is -1.40. The molecule has 0 saturated carbocycles. The molecule has 1 heterocycles. The Morgan fingerprint density at radius 3 is 2.46 bits per heavy atom. The van der Waals surface area contributed by atoms with Crippen molar-refractivity contribution in [2.75, 3.05) is 0 Å². The number of para-hydroxylation sites is 1. The Morgan fingerprint density at radius 2 is 1.83 bits per heavy atom. The lowest BCUT2D eigenvalue weighted by Crippen LogP contribution is -2.45. The second kappa shape index (κ2) is 11.3. The molecular weight excluding hydrogens is 463 g/mol. The van der Waals surface area contributed by atoms with E-state index >= 15 is 4.39 Å². The van der Waals surface area contributed by atoms with E-state index in [9.17, 15) is 4.79 Å². The summed E-state index contributed by atoms with van der Waals surface area (Å²) in [5, 5.41) is 6.06. The van der Waals surface area contributed by atoms with E-state index in [1.807, 2.05) is 74.7 Å². The van der Waals surface area contributed by atoms with Gasteiger partial charge in [0.15, 0.2) is 6.30 Å².